The van der Waals surface area contributed by atoms with Gasteiger partial charge >= 0.3 is 0 Å². The monoisotopic (exact) mass is 1650 g/mol. The van der Waals surface area contributed by atoms with Crippen molar-refractivity contribution in [1.29, 1.82) is 0 Å². The van der Waals surface area contributed by atoms with E-state index in [1.807, 2.05) is 0 Å². The predicted molar refractivity (Wildman–Crippen MR) is 381 cm³/mol. The Balaban J connectivity index is 0.000000150. The van der Waals surface area contributed by atoms with Gasteiger partial charge in [0.15, 0.2) is 23.1 Å². The summed E-state index contributed by atoms with van der Waals surface area (Å²) in [6.45, 7) is 2.89. The van der Waals surface area contributed by atoms with Crippen LogP contribution in [0, 0.1) is 0 Å². The van der Waals surface area contributed by atoms with Gasteiger partial charge in [0.1, 0.15) is 0 Å². The standard InChI is InChI=1S/4C16H17BrClN3O3/c4*17-11-6-13-10(5-12(11)18)16(24)21(8-20-13)7-9(22)4-14-15(23)2-1-3-19-14/h4*5-6,8,14-15,19,23H,1-4,7H2/t2*14-,15+;2*14-,15-/m1010/s1. The molecule has 96 heavy (non-hydrogen) atoms. The first-order valence-electron chi connectivity index (χ1n) is 30.9. The molecule has 0 aliphatic carbocycles. The topological polar surface area (TPSA) is 337 Å². The summed E-state index contributed by atoms with van der Waals surface area (Å²) in [6.07, 6.45) is 10.5. The minimum absolute atomic E-state index is 0.0691. The van der Waals surface area contributed by atoms with Gasteiger partial charge < -0.3 is 41.7 Å². The first kappa shape index (κ1) is 75.1. The molecule has 4 saturated heterocycles. The molecule has 0 spiro atoms. The van der Waals surface area contributed by atoms with Crippen molar-refractivity contribution in [2.75, 3.05) is 26.2 Å². The summed E-state index contributed by atoms with van der Waals surface area (Å²) in [7, 11) is 0. The van der Waals surface area contributed by atoms with Crippen LogP contribution in [0.5, 0.6) is 0 Å². The zero-order valence-corrected chi connectivity index (χ0v) is 60.7. The molecule has 512 valence electrons. The second kappa shape index (κ2) is 34.8. The number of benzene rings is 4. The van der Waals surface area contributed by atoms with Crippen molar-refractivity contribution in [3.63, 3.8) is 0 Å². The zero-order valence-electron chi connectivity index (χ0n) is 51.3. The summed E-state index contributed by atoms with van der Waals surface area (Å²) in [5.74, 6) is -0.500. The number of aliphatic hydroxyl groups is 4. The maximum Gasteiger partial charge on any atom is 0.261 e. The van der Waals surface area contributed by atoms with Gasteiger partial charge in [0, 0.05) is 67.7 Å². The number of ketones is 4. The second-order valence-corrected chi connectivity index (χ2v) is 28.9. The normalized spacial score (nSPS) is 21.1. The van der Waals surface area contributed by atoms with Gasteiger partial charge in [-0.2, -0.15) is 0 Å². The van der Waals surface area contributed by atoms with E-state index >= 15 is 0 Å². The summed E-state index contributed by atoms with van der Waals surface area (Å²) in [5, 5.41) is 55.4. The number of rotatable bonds is 16. The van der Waals surface area contributed by atoms with E-state index < -0.39 is 24.4 Å². The van der Waals surface area contributed by atoms with Crippen LogP contribution in [0.3, 0.4) is 0 Å². The molecule has 8 N–H and O–H groups in total. The summed E-state index contributed by atoms with van der Waals surface area (Å²) < 4.78 is 7.77. The maximum atomic E-state index is 12.5. The Kier molecular flexibility index (Phi) is 27.2. The fraction of sp³-hybridized carbons (Fsp3) is 0.438. The first-order chi connectivity index (χ1) is 45.8. The van der Waals surface area contributed by atoms with Crippen LogP contribution in [0.4, 0.5) is 0 Å². The molecule has 8 aromatic rings. The van der Waals surface area contributed by atoms with E-state index in [1.54, 1.807) is 48.5 Å². The molecule has 12 rings (SSSR count). The molecule has 4 aromatic heterocycles. The van der Waals surface area contributed by atoms with Gasteiger partial charge in [-0.05, 0) is 190 Å². The van der Waals surface area contributed by atoms with Gasteiger partial charge in [-0.1, -0.05) is 46.4 Å². The second-order valence-electron chi connectivity index (χ2n) is 23.9. The molecule has 0 radical (unpaired) electrons. The lowest BCUT2D eigenvalue weighted by molar-refractivity contribution is -0.121. The SMILES string of the molecule is O=C(C[C@@H]1NCCC[C@@H]1O)Cn1cnc2cc(Br)c(Cl)cc2c1=O.O=C(C[C@@H]1NCCC[C@H]1O)Cn1cnc2cc(Br)c(Cl)cc2c1=O.O=C(C[C@H]1NCCC[C@@H]1O)Cn1cnc2cc(Br)c(Cl)cc2c1=O.O=C(C[C@H]1NCCC[C@H]1O)Cn1cnc2cc(Br)c(Cl)cc2c1=O. The molecular weight excluding hydrogens is 1590 g/mol. The average Bonchev–Trinajstić information content (AvgIpc) is 0.816. The first-order valence-corrected chi connectivity index (χ1v) is 35.6. The Morgan fingerprint density at radius 1 is 0.375 bits per heavy atom. The average molecular weight is 1660 g/mol. The third-order valence-corrected chi connectivity index (χ3v) is 21.6. The third-order valence-electron chi connectivity index (χ3n) is 16.8. The molecular formula is C64H68Br4Cl4N12O12. The predicted octanol–water partition coefficient (Wildman–Crippen LogP) is 7.54. The third kappa shape index (κ3) is 19.7. The summed E-state index contributed by atoms with van der Waals surface area (Å²) >= 11 is 37.3. The van der Waals surface area contributed by atoms with Crippen LogP contribution in [0.25, 0.3) is 43.6 Å². The minimum atomic E-state index is -0.523. The molecule has 4 aliphatic rings. The fourth-order valence-corrected chi connectivity index (χ4v) is 13.6. The number of fused-ring (bicyclic) bond motifs is 4. The number of halogens is 8. The lowest BCUT2D eigenvalue weighted by atomic mass is 9.97. The molecule has 32 heteroatoms. The number of nitrogens with zero attached hydrogens (tertiary/aromatic N) is 8. The van der Waals surface area contributed by atoms with E-state index in [2.05, 4.69) is 105 Å². The number of hydrogen-bond donors (Lipinski definition) is 8. The van der Waals surface area contributed by atoms with Crippen molar-refractivity contribution in [3.05, 3.63) is 153 Å². The molecule has 8 heterocycles. The molecule has 0 amide bonds. The Morgan fingerprint density at radius 3 is 0.760 bits per heavy atom. The number of carbonyl (C=O) groups excluding carboxylic acids is 4. The number of Topliss-reactive ketones (excluding diaryl/α,β-unsaturated/α-hetero) is 4. The van der Waals surface area contributed by atoms with Crippen LogP contribution in [0.2, 0.25) is 20.1 Å². The van der Waals surface area contributed by atoms with Crippen LogP contribution in [0.15, 0.2) is 111 Å². The van der Waals surface area contributed by atoms with Crippen molar-refractivity contribution in [2.45, 2.75) is 152 Å². The summed E-state index contributed by atoms with van der Waals surface area (Å²) in [4.78, 5) is 116. The van der Waals surface area contributed by atoms with Crippen LogP contribution in [-0.2, 0) is 45.4 Å². The van der Waals surface area contributed by atoms with E-state index in [0.717, 1.165) is 51.9 Å². The van der Waals surface area contributed by atoms with E-state index in [0.29, 0.717) is 107 Å². The molecule has 8 atom stereocenters. The van der Waals surface area contributed by atoms with Gasteiger partial charge in [0.2, 0.25) is 0 Å². The number of hydrogen-bond acceptors (Lipinski definition) is 20. The Bertz CT molecular complexity index is 3910. The number of aromatic nitrogens is 8. The van der Waals surface area contributed by atoms with E-state index in [-0.39, 0.29) is 121 Å². The molecule has 24 nitrogen and oxygen atoms in total. The maximum absolute atomic E-state index is 12.5. The number of nitrogens with one attached hydrogen (secondary N) is 4. The number of piperidine rings is 4. The highest BCUT2D eigenvalue weighted by molar-refractivity contribution is 9.11. The summed E-state index contributed by atoms with van der Waals surface area (Å²) in [6, 6.07) is 11.9. The minimum Gasteiger partial charge on any atom is -0.391 e. The highest BCUT2D eigenvalue weighted by atomic mass is 79.9. The Morgan fingerprint density at radius 2 is 0.573 bits per heavy atom. The van der Waals surface area contributed by atoms with Gasteiger partial charge in [0.25, 0.3) is 22.2 Å². The highest BCUT2D eigenvalue weighted by Crippen LogP contribution is 2.29. The lowest BCUT2D eigenvalue weighted by Gasteiger charge is -2.28. The molecule has 0 bridgehead atoms. The van der Waals surface area contributed by atoms with Gasteiger partial charge in [-0.15, -0.1) is 0 Å². The molecule has 4 aromatic carbocycles. The summed E-state index contributed by atoms with van der Waals surface area (Å²) in [5.41, 5.74) is 0.849. The zero-order chi connectivity index (χ0) is 69.1. The molecule has 0 saturated carbocycles. The van der Waals surface area contributed by atoms with Crippen molar-refractivity contribution < 1.29 is 39.6 Å². The smallest absolute Gasteiger partial charge is 0.261 e. The van der Waals surface area contributed by atoms with Gasteiger partial charge in [0.05, 0.1) is 140 Å². The lowest BCUT2D eigenvalue weighted by Crippen LogP contribution is -2.46. The van der Waals surface area contributed by atoms with Crippen LogP contribution in [-0.4, -0.2) is 157 Å². The quantitative estimate of drug-likeness (QED) is 0.0463. The van der Waals surface area contributed by atoms with Gasteiger partial charge in [-0.3, -0.25) is 56.6 Å². The molecule has 4 fully saturated rings. The number of aliphatic hydroxyl groups excluding tert-OH is 4. The Hall–Kier alpha value is -5.12. The van der Waals surface area contributed by atoms with Crippen molar-refractivity contribution in [2.24, 2.45) is 0 Å². The van der Waals surface area contributed by atoms with Crippen molar-refractivity contribution in [3.8, 4) is 0 Å². The van der Waals surface area contributed by atoms with E-state index in [9.17, 15) is 58.8 Å². The number of carbonyl (C=O) groups is 4. The van der Waals surface area contributed by atoms with E-state index in [1.165, 1.54) is 43.6 Å². The Labute approximate surface area is 602 Å². The van der Waals surface area contributed by atoms with Crippen LogP contribution < -0.4 is 43.5 Å². The van der Waals surface area contributed by atoms with Gasteiger partial charge in [-0.25, -0.2) is 19.9 Å². The van der Waals surface area contributed by atoms with Crippen LogP contribution >= 0.6 is 110 Å². The van der Waals surface area contributed by atoms with Crippen molar-refractivity contribution >= 4 is 177 Å². The largest absolute Gasteiger partial charge is 0.391 e. The highest BCUT2D eigenvalue weighted by Gasteiger charge is 2.29. The molecule has 0 unspecified atom stereocenters. The van der Waals surface area contributed by atoms with E-state index in [4.69, 9.17) is 46.4 Å². The van der Waals surface area contributed by atoms with Crippen LogP contribution in [0.1, 0.15) is 77.0 Å². The molecule has 4 aliphatic heterocycles. The fourth-order valence-electron chi connectivity index (χ4n) is 11.6. The van der Waals surface area contributed by atoms with Crippen molar-refractivity contribution in [1.82, 2.24) is 59.5 Å².